The Hall–Kier alpha value is -2.06. The number of nitrogens with zero attached hydrogens (tertiary/aromatic N) is 1. The maximum Gasteiger partial charge on any atom is 0.472 e. The van der Waals surface area contributed by atoms with Gasteiger partial charge in [0.05, 0.1) is 39.9 Å². The smallest absolute Gasteiger partial charge is 0.387 e. The molecule has 1 amide bonds. The quantitative estimate of drug-likeness (QED) is 0.0243. The van der Waals surface area contributed by atoms with Crippen LogP contribution in [-0.2, 0) is 18.4 Å². The van der Waals surface area contributed by atoms with E-state index >= 15 is 0 Å². The lowest BCUT2D eigenvalue weighted by molar-refractivity contribution is -0.870. The Balaban J connectivity index is 3.90. The SMILES string of the molecule is CC/C=C\C/C=C\C/C=C\C/C=C\C/C=C\CCCCCCCCCCCCCCCCCCCCCCCC(=O)NC(COP(=O)(O)OCC[N+](C)(C)C)C(O)/C=C/CCCCCCCCCC. The number of allylic oxidation sites excluding steroid dienone is 11. The first kappa shape index (κ1) is 66.9. The van der Waals surface area contributed by atoms with Gasteiger partial charge in [0.1, 0.15) is 13.2 Å². The lowest BCUT2D eigenvalue weighted by Crippen LogP contribution is -2.45. The van der Waals surface area contributed by atoms with Gasteiger partial charge in [-0.1, -0.05) is 254 Å². The number of hydrogen-bond donors (Lipinski definition) is 3. The molecule has 402 valence electrons. The Morgan fingerprint density at radius 2 is 0.870 bits per heavy atom. The standard InChI is InChI=1S/C60H111N2O6P/c1-6-8-10-12-14-16-18-19-20-21-22-23-24-25-26-27-28-29-30-31-32-33-34-35-36-37-38-39-40-41-42-43-44-46-48-50-52-54-60(64)61-58(57-68-69(65,66)67-56-55-62(3,4)5)59(63)53-51-49-47-45-17-15-13-11-9-7-2/h8,10,14,16,19-20,22-23,25-26,51,53,58-59,63H,6-7,9,11-13,15,17-18,21,24,27-50,52,54-57H2,1-5H3,(H-,61,64,65,66)/p+1/b10-8-,16-14-,20-19-,23-22-,26-25-,53-51+. The molecule has 0 aromatic carbocycles. The lowest BCUT2D eigenvalue weighted by atomic mass is 10.0. The Bertz CT molecular complexity index is 1350. The van der Waals surface area contributed by atoms with E-state index in [1.165, 1.54) is 161 Å². The van der Waals surface area contributed by atoms with Gasteiger partial charge in [0, 0.05) is 6.42 Å². The number of amides is 1. The average molecular weight is 989 g/mol. The minimum absolute atomic E-state index is 0.0611. The third-order valence-corrected chi connectivity index (χ3v) is 13.7. The summed E-state index contributed by atoms with van der Waals surface area (Å²) in [5, 5.41) is 13.8. The van der Waals surface area contributed by atoms with E-state index in [-0.39, 0.29) is 19.1 Å². The van der Waals surface area contributed by atoms with E-state index in [0.717, 1.165) is 70.6 Å². The van der Waals surface area contributed by atoms with Crippen molar-refractivity contribution in [1.29, 1.82) is 0 Å². The summed E-state index contributed by atoms with van der Waals surface area (Å²) in [5.41, 5.74) is 0. The molecule has 0 saturated carbocycles. The molecule has 0 aliphatic heterocycles. The van der Waals surface area contributed by atoms with Gasteiger partial charge in [-0.2, -0.15) is 0 Å². The van der Waals surface area contributed by atoms with Gasteiger partial charge in [-0.15, -0.1) is 0 Å². The third kappa shape index (κ3) is 53.6. The number of carbonyl (C=O) groups excluding carboxylic acids is 1. The van der Waals surface area contributed by atoms with Crippen molar-refractivity contribution in [3.05, 3.63) is 72.9 Å². The van der Waals surface area contributed by atoms with E-state index in [0.29, 0.717) is 17.4 Å². The van der Waals surface area contributed by atoms with Crippen LogP contribution in [0.15, 0.2) is 72.9 Å². The number of carbonyl (C=O) groups is 1. The molecule has 9 heteroatoms. The molecule has 0 spiro atoms. The van der Waals surface area contributed by atoms with E-state index in [1.807, 2.05) is 27.2 Å². The molecule has 3 atom stereocenters. The van der Waals surface area contributed by atoms with Crippen LogP contribution in [-0.4, -0.2) is 73.4 Å². The molecular formula is C60H112N2O6P+. The van der Waals surface area contributed by atoms with Gasteiger partial charge in [0.15, 0.2) is 0 Å². The minimum Gasteiger partial charge on any atom is -0.387 e. The molecule has 0 fully saturated rings. The number of aliphatic hydroxyl groups is 1. The fourth-order valence-corrected chi connectivity index (χ4v) is 8.92. The van der Waals surface area contributed by atoms with Gasteiger partial charge >= 0.3 is 7.82 Å². The molecule has 3 unspecified atom stereocenters. The number of nitrogens with one attached hydrogen (secondary N) is 1. The Kier molecular flexibility index (Phi) is 49.3. The zero-order valence-electron chi connectivity index (χ0n) is 45.8. The van der Waals surface area contributed by atoms with Gasteiger partial charge in [-0.05, 0) is 64.2 Å². The van der Waals surface area contributed by atoms with E-state index in [2.05, 4.69) is 79.9 Å². The van der Waals surface area contributed by atoms with Crippen LogP contribution < -0.4 is 5.32 Å². The summed E-state index contributed by atoms with van der Waals surface area (Å²) in [6, 6.07) is -0.845. The second-order valence-electron chi connectivity index (χ2n) is 20.6. The Labute approximate surface area is 427 Å². The van der Waals surface area contributed by atoms with E-state index in [1.54, 1.807) is 6.08 Å². The van der Waals surface area contributed by atoms with Crippen LogP contribution in [0.4, 0.5) is 0 Å². The number of rotatable bonds is 52. The molecule has 3 N–H and O–H groups in total. The maximum atomic E-state index is 12.9. The monoisotopic (exact) mass is 988 g/mol. The molecule has 0 radical (unpaired) electrons. The van der Waals surface area contributed by atoms with Gasteiger partial charge in [0.2, 0.25) is 5.91 Å². The average Bonchev–Trinajstić information content (AvgIpc) is 3.31. The molecule has 69 heavy (non-hydrogen) atoms. The van der Waals surface area contributed by atoms with Crippen LogP contribution in [0, 0.1) is 0 Å². The minimum atomic E-state index is -4.34. The number of aliphatic hydroxyl groups excluding tert-OH is 1. The Morgan fingerprint density at radius 3 is 1.28 bits per heavy atom. The summed E-state index contributed by atoms with van der Waals surface area (Å²) < 4.78 is 23.6. The number of phosphoric acid groups is 1. The fraction of sp³-hybridized carbons (Fsp3) is 0.783. The predicted molar refractivity (Wildman–Crippen MR) is 300 cm³/mol. The van der Waals surface area contributed by atoms with E-state index < -0.39 is 20.0 Å². The number of quaternary nitrogens is 1. The van der Waals surface area contributed by atoms with Crippen molar-refractivity contribution in [2.45, 2.75) is 264 Å². The molecule has 0 saturated heterocycles. The van der Waals surface area contributed by atoms with Crippen molar-refractivity contribution in [1.82, 2.24) is 5.32 Å². The lowest BCUT2D eigenvalue weighted by Gasteiger charge is -2.25. The van der Waals surface area contributed by atoms with Crippen LogP contribution in [0.1, 0.15) is 251 Å². The van der Waals surface area contributed by atoms with Crippen LogP contribution >= 0.6 is 7.82 Å². The summed E-state index contributed by atoms with van der Waals surface area (Å²) in [4.78, 5) is 23.2. The summed E-state index contributed by atoms with van der Waals surface area (Å²) >= 11 is 0. The molecule has 0 rings (SSSR count). The van der Waals surface area contributed by atoms with Gasteiger partial charge in [-0.25, -0.2) is 4.57 Å². The highest BCUT2D eigenvalue weighted by Crippen LogP contribution is 2.43. The van der Waals surface area contributed by atoms with Gasteiger partial charge in [0.25, 0.3) is 0 Å². The van der Waals surface area contributed by atoms with E-state index in [9.17, 15) is 19.4 Å². The zero-order valence-corrected chi connectivity index (χ0v) is 46.7. The van der Waals surface area contributed by atoms with Crippen LogP contribution in [0.3, 0.4) is 0 Å². The number of phosphoric ester groups is 1. The predicted octanol–water partition coefficient (Wildman–Crippen LogP) is 17.5. The number of likely N-dealkylation sites (N-methyl/N-ethyl adjacent to an activating group) is 1. The largest absolute Gasteiger partial charge is 0.472 e. The van der Waals surface area contributed by atoms with Crippen LogP contribution in [0.2, 0.25) is 0 Å². The topological polar surface area (TPSA) is 105 Å². The van der Waals surface area contributed by atoms with Gasteiger partial charge < -0.3 is 19.8 Å². The highest BCUT2D eigenvalue weighted by molar-refractivity contribution is 7.47. The fourth-order valence-electron chi connectivity index (χ4n) is 8.19. The normalized spacial score (nSPS) is 14.5. The van der Waals surface area contributed by atoms with Crippen molar-refractivity contribution >= 4 is 13.7 Å². The molecule has 0 heterocycles. The first-order chi connectivity index (χ1) is 33.5. The summed E-state index contributed by atoms with van der Waals surface area (Å²) in [7, 11) is 1.57. The van der Waals surface area contributed by atoms with Crippen molar-refractivity contribution in [3.63, 3.8) is 0 Å². The first-order valence-electron chi connectivity index (χ1n) is 28.8. The molecule has 8 nitrogen and oxygen atoms in total. The highest BCUT2D eigenvalue weighted by atomic mass is 31.2. The molecule has 0 bridgehead atoms. The molecular weight excluding hydrogens is 876 g/mol. The van der Waals surface area contributed by atoms with Crippen molar-refractivity contribution in [3.8, 4) is 0 Å². The first-order valence-corrected chi connectivity index (χ1v) is 30.3. The van der Waals surface area contributed by atoms with Crippen molar-refractivity contribution < 1.29 is 32.9 Å². The molecule has 0 aliphatic carbocycles. The van der Waals surface area contributed by atoms with Crippen molar-refractivity contribution in [2.24, 2.45) is 0 Å². The summed E-state index contributed by atoms with van der Waals surface area (Å²) in [6.07, 6.45) is 70.3. The van der Waals surface area contributed by atoms with Crippen molar-refractivity contribution in [2.75, 3.05) is 40.9 Å². The summed E-state index contributed by atoms with van der Waals surface area (Å²) in [5.74, 6) is -0.177. The van der Waals surface area contributed by atoms with Crippen LogP contribution in [0.5, 0.6) is 0 Å². The highest BCUT2D eigenvalue weighted by Gasteiger charge is 2.27. The van der Waals surface area contributed by atoms with Gasteiger partial charge in [-0.3, -0.25) is 13.8 Å². The second-order valence-corrected chi connectivity index (χ2v) is 22.1. The zero-order chi connectivity index (χ0) is 50.6. The van der Waals surface area contributed by atoms with Crippen LogP contribution in [0.25, 0.3) is 0 Å². The van der Waals surface area contributed by atoms with E-state index in [4.69, 9.17) is 9.05 Å². The Morgan fingerprint density at radius 1 is 0.507 bits per heavy atom. The second kappa shape index (κ2) is 50.9. The summed E-state index contributed by atoms with van der Waals surface area (Å²) in [6.45, 7) is 4.68. The maximum absolute atomic E-state index is 12.9. The number of unbranched alkanes of at least 4 members (excludes halogenated alkanes) is 29. The third-order valence-electron chi connectivity index (χ3n) is 12.7. The molecule has 0 aromatic heterocycles. The molecule has 0 aromatic rings. The number of hydrogen-bond acceptors (Lipinski definition) is 5. The molecule has 0 aliphatic rings.